The lowest BCUT2D eigenvalue weighted by Crippen LogP contribution is -2.34. The van der Waals surface area contributed by atoms with Gasteiger partial charge in [0.25, 0.3) is 0 Å². The predicted octanol–water partition coefficient (Wildman–Crippen LogP) is 3.52. The Morgan fingerprint density at radius 2 is 1.95 bits per heavy atom. The predicted molar refractivity (Wildman–Crippen MR) is 80.4 cm³/mol. The second-order valence-electron chi connectivity index (χ2n) is 5.45. The first kappa shape index (κ1) is 14.1. The van der Waals surface area contributed by atoms with Gasteiger partial charge in [-0.3, -0.25) is 0 Å². The van der Waals surface area contributed by atoms with Gasteiger partial charge in [-0.15, -0.1) is 0 Å². The normalized spacial score (nSPS) is 16.1. The molecule has 0 amide bonds. The van der Waals surface area contributed by atoms with Crippen LogP contribution in [0.25, 0.3) is 0 Å². The van der Waals surface area contributed by atoms with Crippen LogP contribution in [0.1, 0.15) is 36.5 Å². The van der Waals surface area contributed by atoms with Gasteiger partial charge in [-0.1, -0.05) is 36.2 Å². The highest BCUT2D eigenvalue weighted by Crippen LogP contribution is 2.19. The van der Waals surface area contributed by atoms with Gasteiger partial charge >= 0.3 is 0 Å². The van der Waals surface area contributed by atoms with E-state index in [1.807, 2.05) is 0 Å². The standard InChI is InChI=1S/C17H25NO/c1-4-7-18-16(17-6-5-8-19-17)12-15-10-13(2)9-14(3)11-15/h6,9-11,16,18H,4-5,7-8,12H2,1-3H3. The number of hydrogen-bond donors (Lipinski definition) is 1. The van der Waals surface area contributed by atoms with Gasteiger partial charge in [-0.2, -0.15) is 0 Å². The highest BCUT2D eigenvalue weighted by Gasteiger charge is 2.18. The van der Waals surface area contributed by atoms with Crippen molar-refractivity contribution in [2.45, 2.75) is 46.1 Å². The Balaban J connectivity index is 2.09. The Kier molecular flexibility index (Phi) is 5.03. The van der Waals surface area contributed by atoms with Gasteiger partial charge in [0.2, 0.25) is 0 Å². The summed E-state index contributed by atoms with van der Waals surface area (Å²) in [5.74, 6) is 1.13. The summed E-state index contributed by atoms with van der Waals surface area (Å²) in [6, 6.07) is 7.11. The summed E-state index contributed by atoms with van der Waals surface area (Å²) < 4.78 is 5.74. The first-order chi connectivity index (χ1) is 9.19. The maximum Gasteiger partial charge on any atom is 0.109 e. The van der Waals surface area contributed by atoms with E-state index >= 15 is 0 Å². The van der Waals surface area contributed by atoms with Gasteiger partial charge in [0.15, 0.2) is 0 Å². The van der Waals surface area contributed by atoms with E-state index in [4.69, 9.17) is 4.74 Å². The molecule has 0 saturated carbocycles. The summed E-state index contributed by atoms with van der Waals surface area (Å²) >= 11 is 0. The Bertz CT molecular complexity index is 430. The fourth-order valence-electron chi connectivity index (χ4n) is 2.69. The lowest BCUT2D eigenvalue weighted by Gasteiger charge is -2.20. The highest BCUT2D eigenvalue weighted by molar-refractivity contribution is 5.30. The molecular weight excluding hydrogens is 234 g/mol. The molecule has 1 heterocycles. The lowest BCUT2D eigenvalue weighted by molar-refractivity contribution is 0.214. The maximum atomic E-state index is 5.74. The third-order valence-electron chi connectivity index (χ3n) is 3.44. The van der Waals surface area contributed by atoms with Crippen molar-refractivity contribution in [1.82, 2.24) is 5.32 Å². The topological polar surface area (TPSA) is 21.3 Å². The van der Waals surface area contributed by atoms with Crippen LogP contribution in [0.5, 0.6) is 0 Å². The second-order valence-corrected chi connectivity index (χ2v) is 5.45. The molecule has 1 aliphatic heterocycles. The molecule has 1 aromatic carbocycles. The van der Waals surface area contributed by atoms with E-state index in [0.29, 0.717) is 6.04 Å². The zero-order valence-electron chi connectivity index (χ0n) is 12.3. The largest absolute Gasteiger partial charge is 0.496 e. The van der Waals surface area contributed by atoms with Gasteiger partial charge in [0.05, 0.1) is 12.6 Å². The molecule has 19 heavy (non-hydrogen) atoms. The Morgan fingerprint density at radius 3 is 2.53 bits per heavy atom. The molecule has 1 unspecified atom stereocenters. The molecule has 0 radical (unpaired) electrons. The summed E-state index contributed by atoms with van der Waals surface area (Å²) in [6.07, 6.45) is 5.44. The van der Waals surface area contributed by atoms with Crippen molar-refractivity contribution in [2.24, 2.45) is 0 Å². The van der Waals surface area contributed by atoms with Crippen LogP contribution >= 0.6 is 0 Å². The number of rotatable bonds is 6. The van der Waals surface area contributed by atoms with Crippen molar-refractivity contribution >= 4 is 0 Å². The summed E-state index contributed by atoms with van der Waals surface area (Å²) in [4.78, 5) is 0. The zero-order valence-corrected chi connectivity index (χ0v) is 12.3. The Hall–Kier alpha value is -1.28. The minimum atomic E-state index is 0.323. The number of ether oxygens (including phenoxy) is 1. The van der Waals surface area contributed by atoms with Crippen molar-refractivity contribution < 1.29 is 4.74 Å². The molecule has 0 aliphatic carbocycles. The van der Waals surface area contributed by atoms with Crippen molar-refractivity contribution in [1.29, 1.82) is 0 Å². The SMILES string of the molecule is CCCNC(Cc1cc(C)cc(C)c1)C1=CCCO1. The quantitative estimate of drug-likeness (QED) is 0.844. The molecule has 104 valence electrons. The summed E-state index contributed by atoms with van der Waals surface area (Å²) in [7, 11) is 0. The van der Waals surface area contributed by atoms with E-state index in [-0.39, 0.29) is 0 Å². The molecule has 2 rings (SSSR count). The van der Waals surface area contributed by atoms with Crippen LogP contribution in [0.3, 0.4) is 0 Å². The maximum absolute atomic E-state index is 5.74. The number of nitrogens with one attached hydrogen (secondary N) is 1. The first-order valence-electron chi connectivity index (χ1n) is 7.32. The van der Waals surface area contributed by atoms with Crippen molar-refractivity contribution in [2.75, 3.05) is 13.2 Å². The Morgan fingerprint density at radius 1 is 1.21 bits per heavy atom. The van der Waals surface area contributed by atoms with Gasteiger partial charge in [-0.05, 0) is 44.9 Å². The molecule has 1 N–H and O–H groups in total. The molecule has 1 aliphatic rings. The Labute approximate surface area is 116 Å². The van der Waals surface area contributed by atoms with Crippen LogP contribution in [-0.4, -0.2) is 19.2 Å². The van der Waals surface area contributed by atoms with Crippen molar-refractivity contribution in [3.05, 3.63) is 46.7 Å². The average molecular weight is 259 g/mol. The molecule has 0 saturated heterocycles. The molecular formula is C17H25NO. The highest BCUT2D eigenvalue weighted by atomic mass is 16.5. The minimum absolute atomic E-state index is 0.323. The van der Waals surface area contributed by atoms with Crippen LogP contribution in [0.15, 0.2) is 30.0 Å². The summed E-state index contributed by atoms with van der Waals surface area (Å²) in [5, 5.41) is 3.61. The van der Waals surface area contributed by atoms with E-state index in [2.05, 4.69) is 50.4 Å². The first-order valence-corrected chi connectivity index (χ1v) is 7.32. The van der Waals surface area contributed by atoms with E-state index in [0.717, 1.165) is 38.2 Å². The van der Waals surface area contributed by atoms with E-state index in [1.165, 1.54) is 16.7 Å². The van der Waals surface area contributed by atoms with Gasteiger partial charge in [0.1, 0.15) is 5.76 Å². The van der Waals surface area contributed by atoms with Crippen LogP contribution in [0.2, 0.25) is 0 Å². The fourth-order valence-corrected chi connectivity index (χ4v) is 2.69. The van der Waals surface area contributed by atoms with Crippen LogP contribution in [0, 0.1) is 13.8 Å². The molecule has 0 bridgehead atoms. The number of benzene rings is 1. The molecule has 1 atom stereocenters. The van der Waals surface area contributed by atoms with Gasteiger partial charge in [0, 0.05) is 6.42 Å². The zero-order chi connectivity index (χ0) is 13.7. The molecule has 2 nitrogen and oxygen atoms in total. The molecule has 2 heteroatoms. The van der Waals surface area contributed by atoms with Crippen molar-refractivity contribution in [3.63, 3.8) is 0 Å². The molecule has 0 spiro atoms. The van der Waals surface area contributed by atoms with Gasteiger partial charge in [-0.25, -0.2) is 0 Å². The summed E-state index contributed by atoms with van der Waals surface area (Å²) in [6.45, 7) is 8.40. The van der Waals surface area contributed by atoms with Crippen molar-refractivity contribution in [3.8, 4) is 0 Å². The number of hydrogen-bond acceptors (Lipinski definition) is 2. The smallest absolute Gasteiger partial charge is 0.109 e. The monoisotopic (exact) mass is 259 g/mol. The lowest BCUT2D eigenvalue weighted by atomic mass is 10.00. The van der Waals surface area contributed by atoms with E-state index in [1.54, 1.807) is 0 Å². The number of aryl methyl sites for hydroxylation is 2. The van der Waals surface area contributed by atoms with Gasteiger partial charge < -0.3 is 10.1 Å². The average Bonchev–Trinajstić information content (AvgIpc) is 2.87. The minimum Gasteiger partial charge on any atom is -0.496 e. The third-order valence-corrected chi connectivity index (χ3v) is 3.44. The molecule has 1 aromatic rings. The van der Waals surface area contributed by atoms with Crippen LogP contribution in [-0.2, 0) is 11.2 Å². The summed E-state index contributed by atoms with van der Waals surface area (Å²) in [5.41, 5.74) is 4.07. The molecule has 0 aromatic heterocycles. The fraction of sp³-hybridized carbons (Fsp3) is 0.529. The van der Waals surface area contributed by atoms with E-state index in [9.17, 15) is 0 Å². The van der Waals surface area contributed by atoms with Crippen LogP contribution < -0.4 is 5.32 Å². The second kappa shape index (κ2) is 6.76. The van der Waals surface area contributed by atoms with Crippen LogP contribution in [0.4, 0.5) is 0 Å². The third kappa shape index (κ3) is 4.10. The van der Waals surface area contributed by atoms with E-state index < -0.39 is 0 Å². The molecule has 0 fully saturated rings.